The van der Waals surface area contributed by atoms with Crippen LogP contribution in [0.25, 0.3) is 22.0 Å². The maximum Gasteiger partial charge on any atom is 0.417 e. The van der Waals surface area contributed by atoms with E-state index >= 15 is 0 Å². The Hall–Kier alpha value is -2.10. The summed E-state index contributed by atoms with van der Waals surface area (Å²) in [5.41, 5.74) is -1.37. The molecule has 0 fully saturated rings. The van der Waals surface area contributed by atoms with Crippen LogP contribution in [0.1, 0.15) is 11.1 Å². The molecule has 2 heterocycles. The molecule has 0 aliphatic carbocycles. The van der Waals surface area contributed by atoms with Crippen molar-refractivity contribution in [1.82, 2.24) is 8.87 Å². The monoisotopic (exact) mass is 446 g/mol. The maximum atomic E-state index is 14.4. The minimum absolute atomic E-state index is 0.0282. The quantitative estimate of drug-likeness (QED) is 0.426. The lowest BCUT2D eigenvalue weighted by molar-refractivity contribution is -0.137. The van der Waals surface area contributed by atoms with Crippen molar-refractivity contribution in [3.05, 3.63) is 52.4 Å². The predicted molar refractivity (Wildman–Crippen MR) is 102 cm³/mol. The van der Waals surface area contributed by atoms with Crippen molar-refractivity contribution in [3.8, 4) is 11.1 Å². The van der Waals surface area contributed by atoms with Crippen LogP contribution in [0.15, 0.2) is 35.4 Å². The summed E-state index contributed by atoms with van der Waals surface area (Å²) in [6, 6.07) is 3.70. The summed E-state index contributed by atoms with van der Waals surface area (Å²) < 4.78 is 82.9. The normalized spacial score (nSPS) is 15.2. The smallest absolute Gasteiger partial charge is 0.309 e. The van der Waals surface area contributed by atoms with Crippen molar-refractivity contribution >= 4 is 32.5 Å². The molecular weight excluding hydrogens is 432 g/mol. The van der Waals surface area contributed by atoms with E-state index in [1.165, 1.54) is 6.20 Å². The highest BCUT2D eigenvalue weighted by atomic mass is 35.5. The Labute approximate surface area is 169 Å². The van der Waals surface area contributed by atoms with Gasteiger partial charge in [-0.25, -0.2) is 16.8 Å². The zero-order valence-electron chi connectivity index (χ0n) is 15.3. The number of fused-ring (bicyclic) bond motifs is 2. The van der Waals surface area contributed by atoms with E-state index < -0.39 is 38.0 Å². The van der Waals surface area contributed by atoms with Crippen molar-refractivity contribution in [1.29, 1.82) is 0 Å². The predicted octanol–water partition coefficient (Wildman–Crippen LogP) is 4.77. The van der Waals surface area contributed by atoms with E-state index in [9.17, 15) is 26.0 Å². The highest BCUT2D eigenvalue weighted by molar-refractivity contribution is 7.90. The van der Waals surface area contributed by atoms with Crippen LogP contribution in [-0.4, -0.2) is 37.9 Å². The molecule has 0 amide bonds. The molecule has 10 heteroatoms. The van der Waals surface area contributed by atoms with E-state index in [-0.39, 0.29) is 21.5 Å². The van der Waals surface area contributed by atoms with Gasteiger partial charge < -0.3 is 4.90 Å². The molecule has 0 radical (unpaired) electrons. The van der Waals surface area contributed by atoms with Crippen molar-refractivity contribution in [3.63, 3.8) is 0 Å². The van der Waals surface area contributed by atoms with Gasteiger partial charge in [-0.1, -0.05) is 11.6 Å². The van der Waals surface area contributed by atoms with E-state index in [1.807, 2.05) is 19.0 Å². The largest absolute Gasteiger partial charge is 0.417 e. The molecule has 1 aliphatic heterocycles. The SMILES string of the molecule is CN(C)CCc1cn2c3c(cc(F)cc13)-c1c(C(F)(F)F)ccc(Cl)c1S2(=O)=O. The van der Waals surface area contributed by atoms with Crippen LogP contribution >= 0.6 is 11.6 Å². The van der Waals surface area contributed by atoms with Crippen molar-refractivity contribution in [2.45, 2.75) is 17.5 Å². The third-order valence-corrected chi connectivity index (χ3v) is 7.12. The molecule has 2 aromatic carbocycles. The second kappa shape index (κ2) is 6.45. The number of alkyl halides is 3. The molecule has 0 spiro atoms. The fourth-order valence-electron chi connectivity index (χ4n) is 3.69. The number of likely N-dealkylation sites (N-methyl/N-ethyl adjacent to an activating group) is 1. The first kappa shape index (κ1) is 20.2. The highest BCUT2D eigenvalue weighted by Crippen LogP contribution is 2.49. The highest BCUT2D eigenvalue weighted by Gasteiger charge is 2.42. The van der Waals surface area contributed by atoms with Gasteiger partial charge in [-0.2, -0.15) is 13.2 Å². The molecule has 0 saturated heterocycles. The van der Waals surface area contributed by atoms with Gasteiger partial charge in [0.1, 0.15) is 10.7 Å². The molecule has 3 aromatic rings. The molecule has 4 nitrogen and oxygen atoms in total. The van der Waals surface area contributed by atoms with Gasteiger partial charge in [0.15, 0.2) is 0 Å². The summed E-state index contributed by atoms with van der Waals surface area (Å²) in [5.74, 6) is -0.755. The number of benzene rings is 2. The molecule has 4 rings (SSSR count). The summed E-state index contributed by atoms with van der Waals surface area (Å²) in [6.45, 7) is 0.548. The molecular formula is C19H15ClF4N2O2S. The molecule has 0 atom stereocenters. The van der Waals surface area contributed by atoms with Crippen LogP contribution in [0.5, 0.6) is 0 Å². The Morgan fingerprint density at radius 2 is 1.86 bits per heavy atom. The number of hydrogen-bond donors (Lipinski definition) is 0. The third-order valence-electron chi connectivity index (χ3n) is 4.94. The summed E-state index contributed by atoms with van der Waals surface area (Å²) in [4.78, 5) is 1.20. The van der Waals surface area contributed by atoms with E-state index in [0.717, 1.165) is 28.2 Å². The molecule has 154 valence electrons. The van der Waals surface area contributed by atoms with Crippen LogP contribution in [0.4, 0.5) is 17.6 Å². The minimum Gasteiger partial charge on any atom is -0.309 e. The van der Waals surface area contributed by atoms with Crippen LogP contribution in [0.2, 0.25) is 5.02 Å². The summed E-state index contributed by atoms with van der Waals surface area (Å²) >= 11 is 6.04. The number of halogens is 5. The topological polar surface area (TPSA) is 42.3 Å². The standard InChI is InChI=1S/C19H15ClF4N2O2S/c1-25(2)6-5-10-9-26-17-12(10)7-11(21)8-13(17)16-14(19(22,23)24)3-4-15(20)18(16)29(26,27)28/h3-4,7-9H,5-6H2,1-2H3. The fourth-order valence-corrected chi connectivity index (χ4v) is 5.83. The maximum absolute atomic E-state index is 14.4. The Kier molecular flexibility index (Phi) is 4.49. The number of aromatic nitrogens is 1. The third kappa shape index (κ3) is 3.03. The number of rotatable bonds is 3. The molecule has 29 heavy (non-hydrogen) atoms. The minimum atomic E-state index is -4.84. The van der Waals surface area contributed by atoms with Gasteiger partial charge in [0.25, 0.3) is 10.0 Å². The lowest BCUT2D eigenvalue weighted by atomic mass is 9.96. The fraction of sp³-hybridized carbons (Fsp3) is 0.263. The Morgan fingerprint density at radius 3 is 2.48 bits per heavy atom. The zero-order chi connectivity index (χ0) is 21.3. The lowest BCUT2D eigenvalue weighted by Crippen LogP contribution is -2.21. The van der Waals surface area contributed by atoms with E-state index in [1.54, 1.807) is 0 Å². The molecule has 0 saturated carbocycles. The Morgan fingerprint density at radius 1 is 1.17 bits per heavy atom. The molecule has 0 N–H and O–H groups in total. The average Bonchev–Trinajstić information content (AvgIpc) is 2.96. The Balaban J connectivity index is 2.16. The molecule has 1 aliphatic rings. The van der Waals surface area contributed by atoms with E-state index in [2.05, 4.69) is 0 Å². The van der Waals surface area contributed by atoms with E-state index in [4.69, 9.17) is 11.6 Å². The number of nitrogens with zero attached hydrogens (tertiary/aromatic N) is 2. The summed E-state index contributed by atoms with van der Waals surface area (Å²) in [5, 5.41) is -0.0798. The second-order valence-corrected chi connectivity index (χ2v) is 9.31. The van der Waals surface area contributed by atoms with Crippen molar-refractivity contribution in [2.75, 3.05) is 20.6 Å². The van der Waals surface area contributed by atoms with Gasteiger partial charge in [-0.3, -0.25) is 0 Å². The van der Waals surface area contributed by atoms with Gasteiger partial charge >= 0.3 is 6.18 Å². The number of hydrogen-bond acceptors (Lipinski definition) is 3. The summed E-state index contributed by atoms with van der Waals surface area (Å²) in [6.07, 6.45) is -3.11. The van der Waals surface area contributed by atoms with Gasteiger partial charge in [0, 0.05) is 29.3 Å². The summed E-state index contributed by atoms with van der Waals surface area (Å²) in [7, 11) is -0.754. The van der Waals surface area contributed by atoms with Gasteiger partial charge in [-0.05, 0) is 50.3 Å². The van der Waals surface area contributed by atoms with Crippen LogP contribution < -0.4 is 0 Å². The van der Waals surface area contributed by atoms with Crippen molar-refractivity contribution in [2.24, 2.45) is 0 Å². The Bertz CT molecular complexity index is 1260. The second-order valence-electron chi connectivity index (χ2n) is 7.15. The van der Waals surface area contributed by atoms with E-state index in [0.29, 0.717) is 18.5 Å². The first-order valence-electron chi connectivity index (χ1n) is 8.57. The van der Waals surface area contributed by atoms with Crippen LogP contribution in [0, 0.1) is 5.82 Å². The lowest BCUT2D eigenvalue weighted by Gasteiger charge is -2.24. The van der Waals surface area contributed by atoms with Crippen LogP contribution in [0.3, 0.4) is 0 Å². The first-order valence-corrected chi connectivity index (χ1v) is 10.4. The van der Waals surface area contributed by atoms with Gasteiger partial charge in [0.05, 0.1) is 16.1 Å². The van der Waals surface area contributed by atoms with Crippen LogP contribution in [-0.2, 0) is 22.6 Å². The molecule has 0 unspecified atom stereocenters. The molecule has 0 bridgehead atoms. The van der Waals surface area contributed by atoms with Crippen molar-refractivity contribution < 1.29 is 26.0 Å². The molecule has 1 aromatic heterocycles. The average molecular weight is 447 g/mol. The first-order chi connectivity index (χ1) is 13.4. The zero-order valence-corrected chi connectivity index (χ0v) is 16.9. The van der Waals surface area contributed by atoms with Gasteiger partial charge in [0.2, 0.25) is 0 Å². The van der Waals surface area contributed by atoms with Gasteiger partial charge in [-0.15, -0.1) is 0 Å².